The molecule has 2 heterocycles. The Labute approximate surface area is 237 Å². The van der Waals surface area contributed by atoms with Crippen molar-refractivity contribution in [3.05, 3.63) is 30.3 Å². The van der Waals surface area contributed by atoms with Crippen LogP contribution in [0.4, 0.5) is 0 Å². The van der Waals surface area contributed by atoms with Crippen molar-refractivity contribution in [2.75, 3.05) is 6.54 Å². The van der Waals surface area contributed by atoms with Gasteiger partial charge in [0.1, 0.15) is 48.8 Å². The number of benzene rings is 1. The molecular weight excluding hydrogens is 568 g/mol. The predicted molar refractivity (Wildman–Crippen MR) is 139 cm³/mol. The van der Waals surface area contributed by atoms with E-state index in [1.165, 1.54) is 31.2 Å². The highest BCUT2D eigenvalue weighted by Gasteiger charge is 2.53. The van der Waals surface area contributed by atoms with E-state index in [9.17, 15) is 39.1 Å². The number of nitrogens with one attached hydrogen (secondary N) is 1. The van der Waals surface area contributed by atoms with Gasteiger partial charge >= 0.3 is 0 Å². The van der Waals surface area contributed by atoms with Gasteiger partial charge in [-0.2, -0.15) is 0 Å². The molecule has 1 saturated carbocycles. The SMILES string of the molecule is C[C@@H](O)C1O[C@H](O[C@@H]2C(N)C[C@@H](NS(=O)(=O)c3ccccc3)C(O)C2O[C@@H]2O[C@H](CN)C(O)C2O)C(N)C(O)[C@@H]1O. The van der Waals surface area contributed by atoms with Crippen LogP contribution in [0.25, 0.3) is 0 Å². The van der Waals surface area contributed by atoms with Crippen molar-refractivity contribution in [3.8, 4) is 0 Å². The first kappa shape index (κ1) is 32.5. The molecule has 0 amide bonds. The molecule has 3 aliphatic rings. The van der Waals surface area contributed by atoms with Crippen LogP contribution < -0.4 is 21.9 Å². The monoisotopic (exact) mass is 608 g/mol. The minimum absolute atomic E-state index is 0.0571. The minimum atomic E-state index is -4.12. The van der Waals surface area contributed by atoms with Crippen molar-refractivity contribution in [2.24, 2.45) is 17.2 Å². The molecule has 15 atom stereocenters. The fourth-order valence-corrected chi connectivity index (χ4v) is 6.60. The third-order valence-electron chi connectivity index (χ3n) is 7.68. The summed E-state index contributed by atoms with van der Waals surface area (Å²) in [6.07, 6.45) is -17.2. The van der Waals surface area contributed by atoms with E-state index in [4.69, 9.17) is 36.1 Å². The summed E-state index contributed by atoms with van der Waals surface area (Å²) in [7, 11) is -4.12. The molecule has 1 aromatic carbocycles. The van der Waals surface area contributed by atoms with E-state index < -0.39 is 102 Å². The Morgan fingerprint density at radius 2 is 1.56 bits per heavy atom. The predicted octanol–water partition coefficient (Wildman–Crippen LogP) is -5.24. The molecule has 234 valence electrons. The van der Waals surface area contributed by atoms with Crippen molar-refractivity contribution in [3.63, 3.8) is 0 Å². The lowest BCUT2D eigenvalue weighted by molar-refractivity contribution is -0.315. The number of aliphatic hydroxyl groups excluding tert-OH is 6. The lowest BCUT2D eigenvalue weighted by atomic mass is 9.84. The molecular formula is C24H40N4O12S. The average molecular weight is 609 g/mol. The first-order valence-corrected chi connectivity index (χ1v) is 14.7. The van der Waals surface area contributed by atoms with Gasteiger partial charge in [0, 0.05) is 12.6 Å². The zero-order valence-electron chi connectivity index (χ0n) is 22.2. The summed E-state index contributed by atoms with van der Waals surface area (Å²) in [4.78, 5) is -0.0571. The lowest BCUT2D eigenvalue weighted by Crippen LogP contribution is -2.69. The van der Waals surface area contributed by atoms with Gasteiger partial charge in [0.25, 0.3) is 0 Å². The topological polar surface area (TPSA) is 283 Å². The Bertz CT molecular complexity index is 1100. The number of rotatable bonds is 9. The summed E-state index contributed by atoms with van der Waals surface area (Å²) < 4.78 is 51.5. The van der Waals surface area contributed by atoms with Crippen LogP contribution in [0.15, 0.2) is 35.2 Å². The molecule has 17 heteroatoms. The van der Waals surface area contributed by atoms with E-state index in [0.29, 0.717) is 0 Å². The molecule has 3 fully saturated rings. The smallest absolute Gasteiger partial charge is 0.240 e. The second kappa shape index (κ2) is 13.1. The van der Waals surface area contributed by atoms with Gasteiger partial charge in [-0.25, -0.2) is 13.1 Å². The van der Waals surface area contributed by atoms with Crippen molar-refractivity contribution in [1.82, 2.24) is 4.72 Å². The van der Waals surface area contributed by atoms with E-state index in [1.54, 1.807) is 6.07 Å². The van der Waals surface area contributed by atoms with E-state index >= 15 is 0 Å². The van der Waals surface area contributed by atoms with E-state index in [-0.39, 0.29) is 17.9 Å². The summed E-state index contributed by atoms with van der Waals surface area (Å²) >= 11 is 0. The molecule has 41 heavy (non-hydrogen) atoms. The Kier molecular flexibility index (Phi) is 10.4. The fraction of sp³-hybridized carbons (Fsp3) is 0.750. The zero-order valence-corrected chi connectivity index (χ0v) is 23.1. The normalized spacial score (nSPS) is 44.5. The zero-order chi connectivity index (χ0) is 30.2. The van der Waals surface area contributed by atoms with Gasteiger partial charge in [0.15, 0.2) is 12.6 Å². The fourth-order valence-electron chi connectivity index (χ4n) is 5.32. The maximum Gasteiger partial charge on any atom is 0.240 e. The van der Waals surface area contributed by atoms with Crippen molar-refractivity contribution < 1.29 is 58.0 Å². The van der Waals surface area contributed by atoms with Crippen LogP contribution in [0.2, 0.25) is 0 Å². The second-order valence-electron chi connectivity index (χ2n) is 10.7. The molecule has 13 N–H and O–H groups in total. The largest absolute Gasteiger partial charge is 0.391 e. The Morgan fingerprint density at radius 3 is 2.15 bits per heavy atom. The van der Waals surface area contributed by atoms with Gasteiger partial charge in [-0.1, -0.05) is 18.2 Å². The van der Waals surface area contributed by atoms with Crippen LogP contribution in [0.5, 0.6) is 0 Å². The maximum atomic E-state index is 13.0. The van der Waals surface area contributed by atoms with Crippen molar-refractivity contribution >= 4 is 10.0 Å². The van der Waals surface area contributed by atoms with Gasteiger partial charge in [0.2, 0.25) is 10.0 Å². The summed E-state index contributed by atoms with van der Waals surface area (Å²) in [5, 5.41) is 62.9. The number of hydrogen-bond donors (Lipinski definition) is 10. The van der Waals surface area contributed by atoms with Gasteiger partial charge in [-0.3, -0.25) is 0 Å². The molecule has 0 spiro atoms. The maximum absolute atomic E-state index is 13.0. The summed E-state index contributed by atoms with van der Waals surface area (Å²) in [6, 6.07) is 3.87. The third-order valence-corrected chi connectivity index (χ3v) is 9.18. The summed E-state index contributed by atoms with van der Waals surface area (Å²) in [5.74, 6) is 0. The molecule has 1 aliphatic carbocycles. The highest BCUT2D eigenvalue weighted by molar-refractivity contribution is 7.89. The highest BCUT2D eigenvalue weighted by atomic mass is 32.2. The lowest BCUT2D eigenvalue weighted by Gasteiger charge is -2.48. The summed E-state index contributed by atoms with van der Waals surface area (Å²) in [6.45, 7) is 1.17. The van der Waals surface area contributed by atoms with Crippen LogP contribution in [-0.2, 0) is 29.0 Å². The quantitative estimate of drug-likeness (QED) is 0.125. The Hall–Kier alpha value is -1.39. The van der Waals surface area contributed by atoms with Crippen LogP contribution in [-0.4, -0.2) is 137 Å². The van der Waals surface area contributed by atoms with E-state index in [0.717, 1.165) is 0 Å². The molecule has 8 unspecified atom stereocenters. The van der Waals surface area contributed by atoms with Gasteiger partial charge in [0.05, 0.1) is 29.2 Å². The molecule has 0 aromatic heterocycles. The third kappa shape index (κ3) is 6.74. The minimum Gasteiger partial charge on any atom is -0.391 e. The molecule has 2 saturated heterocycles. The van der Waals surface area contributed by atoms with Gasteiger partial charge < -0.3 is 66.8 Å². The van der Waals surface area contributed by atoms with Crippen LogP contribution >= 0.6 is 0 Å². The van der Waals surface area contributed by atoms with Crippen LogP contribution in [0.1, 0.15) is 13.3 Å². The highest BCUT2D eigenvalue weighted by Crippen LogP contribution is 2.33. The van der Waals surface area contributed by atoms with E-state index in [1.807, 2.05) is 0 Å². The number of aliphatic hydroxyl groups is 6. The van der Waals surface area contributed by atoms with E-state index in [2.05, 4.69) is 4.72 Å². The van der Waals surface area contributed by atoms with Crippen molar-refractivity contribution in [2.45, 2.75) is 110 Å². The molecule has 4 rings (SSSR count). The molecule has 1 aromatic rings. The Balaban J connectivity index is 1.61. The number of ether oxygens (including phenoxy) is 4. The average Bonchev–Trinajstić information content (AvgIpc) is 3.21. The second-order valence-corrected chi connectivity index (χ2v) is 12.4. The molecule has 16 nitrogen and oxygen atoms in total. The standard InChI is InChI=1S/C24H40N4O12S/c1-9(29)20-18(33)17(32)14(27)23(38-20)39-21-11(26)7-12(28-41(35,36)10-5-3-2-4-6-10)15(30)22(21)40-24-19(34)16(31)13(8-25)37-24/h2-6,9,11-24,28-34H,7-8,25-27H2,1H3/t9-,11?,12-,13-,14?,15?,16?,17?,18+,19?,20?,21-,22?,23-,24+/m1/s1. The summed E-state index contributed by atoms with van der Waals surface area (Å²) in [5.41, 5.74) is 18.0. The van der Waals surface area contributed by atoms with Gasteiger partial charge in [-0.15, -0.1) is 0 Å². The van der Waals surface area contributed by atoms with Crippen LogP contribution in [0, 0.1) is 0 Å². The molecule has 0 bridgehead atoms. The van der Waals surface area contributed by atoms with Crippen LogP contribution in [0.3, 0.4) is 0 Å². The molecule has 0 radical (unpaired) electrons. The first-order chi connectivity index (χ1) is 19.3. The first-order valence-electron chi connectivity index (χ1n) is 13.3. The number of hydrogen-bond acceptors (Lipinski definition) is 15. The van der Waals surface area contributed by atoms with Gasteiger partial charge in [-0.05, 0) is 25.5 Å². The Morgan fingerprint density at radius 1 is 0.927 bits per heavy atom. The molecule has 2 aliphatic heterocycles. The van der Waals surface area contributed by atoms with Crippen molar-refractivity contribution in [1.29, 1.82) is 0 Å². The number of sulfonamides is 1. The number of nitrogens with two attached hydrogens (primary N) is 3.